The molecule has 0 unspecified atom stereocenters. The fraction of sp³-hybridized carbons (Fsp3) is 0.417. The van der Waals surface area contributed by atoms with Crippen LogP contribution in [0.3, 0.4) is 0 Å². The van der Waals surface area contributed by atoms with Gasteiger partial charge in [-0.05, 0) is 41.6 Å². The van der Waals surface area contributed by atoms with Gasteiger partial charge in [-0.2, -0.15) is 0 Å². The Morgan fingerprint density at radius 1 is 1.28 bits per heavy atom. The lowest BCUT2D eigenvalue weighted by atomic mass is 10.2. The maximum Gasteiger partial charge on any atom is 0.152 e. The van der Waals surface area contributed by atoms with Gasteiger partial charge in [0.15, 0.2) is 5.82 Å². The summed E-state index contributed by atoms with van der Waals surface area (Å²) in [5.74, 6) is 1.69. The van der Waals surface area contributed by atoms with Gasteiger partial charge in [0, 0.05) is 6.42 Å². The molecular weight excluding hydrogens is 230 g/mol. The molecule has 6 heteroatoms. The quantitative estimate of drug-likeness (QED) is 0.809. The minimum atomic E-state index is 0.545. The number of nitrogens with two attached hydrogens (primary N) is 1. The zero-order valence-corrected chi connectivity index (χ0v) is 10.4. The number of nitrogens with zero attached hydrogens (tertiary/aromatic N) is 4. The normalized spacial score (nSPS) is 10.6. The highest BCUT2D eigenvalue weighted by molar-refractivity contribution is 5.27. The predicted molar refractivity (Wildman–Crippen MR) is 67.3 cm³/mol. The lowest BCUT2D eigenvalue weighted by Crippen LogP contribution is -2.12. The molecule has 2 aromatic rings. The van der Waals surface area contributed by atoms with Gasteiger partial charge < -0.3 is 10.5 Å². The second-order valence-corrected chi connectivity index (χ2v) is 3.87. The number of hydrogen-bond acceptors (Lipinski definition) is 5. The molecule has 0 saturated heterocycles. The average Bonchev–Trinajstić information content (AvgIpc) is 2.80. The Bertz CT molecular complexity index is 479. The average molecular weight is 247 g/mol. The van der Waals surface area contributed by atoms with Gasteiger partial charge in [-0.25, -0.2) is 4.68 Å². The topological polar surface area (TPSA) is 78.8 Å². The number of rotatable bonds is 6. The van der Waals surface area contributed by atoms with E-state index in [2.05, 4.69) is 15.5 Å². The van der Waals surface area contributed by atoms with Crippen LogP contribution in [0.1, 0.15) is 18.3 Å². The predicted octanol–water partition coefficient (Wildman–Crippen LogP) is 0.621. The zero-order chi connectivity index (χ0) is 12.8. The van der Waals surface area contributed by atoms with Gasteiger partial charge in [-0.15, -0.1) is 5.10 Å². The summed E-state index contributed by atoms with van der Waals surface area (Å²) in [5.41, 5.74) is 6.64. The van der Waals surface area contributed by atoms with Gasteiger partial charge in [0.2, 0.25) is 0 Å². The Labute approximate surface area is 106 Å². The van der Waals surface area contributed by atoms with E-state index in [1.165, 1.54) is 0 Å². The molecule has 0 aliphatic rings. The lowest BCUT2D eigenvalue weighted by Gasteiger charge is -2.06. The van der Waals surface area contributed by atoms with Crippen molar-refractivity contribution < 1.29 is 4.74 Å². The molecule has 0 saturated carbocycles. The number of aromatic nitrogens is 4. The van der Waals surface area contributed by atoms with Crippen molar-refractivity contribution in [3.8, 4) is 5.75 Å². The van der Waals surface area contributed by atoms with Crippen LogP contribution in [0.5, 0.6) is 5.75 Å². The van der Waals surface area contributed by atoms with Crippen molar-refractivity contribution >= 4 is 0 Å². The van der Waals surface area contributed by atoms with E-state index < -0.39 is 0 Å². The molecule has 0 atom stereocenters. The third-order valence-corrected chi connectivity index (χ3v) is 2.54. The Morgan fingerprint density at radius 2 is 2.06 bits per heavy atom. The van der Waals surface area contributed by atoms with Crippen molar-refractivity contribution in [3.05, 3.63) is 35.7 Å². The van der Waals surface area contributed by atoms with Gasteiger partial charge in [-0.1, -0.05) is 12.1 Å². The van der Waals surface area contributed by atoms with E-state index >= 15 is 0 Å². The smallest absolute Gasteiger partial charge is 0.152 e. The third-order valence-electron chi connectivity index (χ3n) is 2.54. The van der Waals surface area contributed by atoms with Crippen LogP contribution < -0.4 is 10.5 Å². The first kappa shape index (κ1) is 12.5. The second kappa shape index (κ2) is 6.11. The molecule has 6 nitrogen and oxygen atoms in total. The largest absolute Gasteiger partial charge is 0.494 e. The molecule has 0 aliphatic carbocycles. The van der Waals surface area contributed by atoms with E-state index in [1.54, 1.807) is 4.68 Å². The van der Waals surface area contributed by atoms with E-state index in [9.17, 15) is 0 Å². The van der Waals surface area contributed by atoms with Crippen LogP contribution in [0, 0.1) is 0 Å². The van der Waals surface area contributed by atoms with E-state index in [1.807, 2.05) is 31.2 Å². The third kappa shape index (κ3) is 3.04. The molecule has 18 heavy (non-hydrogen) atoms. The second-order valence-electron chi connectivity index (χ2n) is 3.87. The maximum atomic E-state index is 5.51. The lowest BCUT2D eigenvalue weighted by molar-refractivity contribution is 0.340. The molecule has 1 heterocycles. The van der Waals surface area contributed by atoms with E-state index in [0.717, 1.165) is 17.1 Å². The van der Waals surface area contributed by atoms with Crippen LogP contribution in [-0.2, 0) is 13.0 Å². The van der Waals surface area contributed by atoms with Crippen molar-refractivity contribution in [1.82, 2.24) is 20.2 Å². The molecule has 1 aromatic heterocycles. The van der Waals surface area contributed by atoms with Gasteiger partial charge in [0.05, 0.1) is 13.2 Å². The number of tetrazole rings is 1. The summed E-state index contributed by atoms with van der Waals surface area (Å²) >= 11 is 0. The van der Waals surface area contributed by atoms with Crippen molar-refractivity contribution in [2.75, 3.05) is 13.2 Å². The Kier molecular flexibility index (Phi) is 4.25. The SMILES string of the molecule is CCOc1ccc(Cn2nnnc2CCN)cc1. The first-order valence-corrected chi connectivity index (χ1v) is 6.00. The molecule has 0 bridgehead atoms. The van der Waals surface area contributed by atoms with Crippen molar-refractivity contribution in [1.29, 1.82) is 0 Å². The fourth-order valence-electron chi connectivity index (χ4n) is 1.68. The van der Waals surface area contributed by atoms with Gasteiger partial charge in [-0.3, -0.25) is 0 Å². The van der Waals surface area contributed by atoms with Gasteiger partial charge >= 0.3 is 0 Å². The monoisotopic (exact) mass is 247 g/mol. The van der Waals surface area contributed by atoms with Crippen LogP contribution in [0.25, 0.3) is 0 Å². The van der Waals surface area contributed by atoms with Crippen LogP contribution >= 0.6 is 0 Å². The summed E-state index contributed by atoms with van der Waals surface area (Å²) in [6, 6.07) is 7.93. The summed E-state index contributed by atoms with van der Waals surface area (Å²) < 4.78 is 7.16. The number of ether oxygens (including phenoxy) is 1. The highest BCUT2D eigenvalue weighted by atomic mass is 16.5. The van der Waals surface area contributed by atoms with E-state index in [4.69, 9.17) is 10.5 Å². The molecule has 96 valence electrons. The molecule has 1 aromatic carbocycles. The first-order valence-electron chi connectivity index (χ1n) is 6.00. The molecule has 2 N–H and O–H groups in total. The molecule has 0 aliphatic heterocycles. The summed E-state index contributed by atoms with van der Waals surface area (Å²) in [5, 5.41) is 11.6. The molecule has 0 fully saturated rings. The van der Waals surface area contributed by atoms with E-state index in [0.29, 0.717) is 26.1 Å². The molecular formula is C12H17N5O. The molecule has 0 radical (unpaired) electrons. The van der Waals surface area contributed by atoms with E-state index in [-0.39, 0.29) is 0 Å². The number of benzene rings is 1. The highest BCUT2D eigenvalue weighted by Gasteiger charge is 2.05. The zero-order valence-electron chi connectivity index (χ0n) is 10.4. The Morgan fingerprint density at radius 3 is 2.72 bits per heavy atom. The summed E-state index contributed by atoms with van der Waals surface area (Å²) in [6.07, 6.45) is 0.685. The minimum Gasteiger partial charge on any atom is -0.494 e. The molecule has 0 amide bonds. The highest BCUT2D eigenvalue weighted by Crippen LogP contribution is 2.13. The maximum absolute atomic E-state index is 5.51. The molecule has 0 spiro atoms. The van der Waals surface area contributed by atoms with Crippen LogP contribution in [-0.4, -0.2) is 33.4 Å². The number of hydrogen-bond donors (Lipinski definition) is 1. The standard InChI is InChI=1S/C12H17N5O/c1-2-18-11-5-3-10(4-6-11)9-17-12(7-8-13)14-15-16-17/h3-6H,2,7-9,13H2,1H3. The van der Waals surface area contributed by atoms with Crippen molar-refractivity contribution in [2.45, 2.75) is 19.9 Å². The van der Waals surface area contributed by atoms with Crippen LogP contribution in [0.15, 0.2) is 24.3 Å². The van der Waals surface area contributed by atoms with Crippen molar-refractivity contribution in [3.63, 3.8) is 0 Å². The summed E-state index contributed by atoms with van der Waals surface area (Å²) in [7, 11) is 0. The van der Waals surface area contributed by atoms with Crippen molar-refractivity contribution in [2.24, 2.45) is 5.73 Å². The van der Waals surface area contributed by atoms with Crippen LogP contribution in [0.4, 0.5) is 0 Å². The summed E-state index contributed by atoms with van der Waals surface area (Å²) in [4.78, 5) is 0. The fourth-order valence-corrected chi connectivity index (χ4v) is 1.68. The van der Waals surface area contributed by atoms with Gasteiger partial charge in [0.1, 0.15) is 5.75 Å². The first-order chi connectivity index (χ1) is 8.83. The Hall–Kier alpha value is -1.95. The summed E-state index contributed by atoms with van der Waals surface area (Å²) in [6.45, 7) is 3.83. The Balaban J connectivity index is 2.06. The van der Waals surface area contributed by atoms with Crippen LogP contribution in [0.2, 0.25) is 0 Å². The molecule has 2 rings (SSSR count). The minimum absolute atomic E-state index is 0.545. The van der Waals surface area contributed by atoms with Gasteiger partial charge in [0.25, 0.3) is 0 Å².